The number of benzene rings is 1. The van der Waals surface area contributed by atoms with Crippen LogP contribution < -0.4 is 5.32 Å². The molecule has 3 nitrogen and oxygen atoms in total. The molecule has 0 amide bonds. The predicted octanol–water partition coefficient (Wildman–Crippen LogP) is 3.39. The standard InChI is InChI=1S/C18H32N2O/c1-5-12-19-18(17-9-7-16(3)8-10-17)11-13-20(4)14-15-21-6-2/h7-10,18-19H,5-6,11-15H2,1-4H3. The number of likely N-dealkylation sites (N-methyl/N-ethyl adjacent to an activating group) is 1. The van der Waals surface area contributed by atoms with E-state index in [0.29, 0.717) is 6.04 Å². The molecule has 1 aromatic rings. The van der Waals surface area contributed by atoms with Gasteiger partial charge in [0, 0.05) is 19.2 Å². The first-order chi connectivity index (χ1) is 10.2. The van der Waals surface area contributed by atoms with Gasteiger partial charge >= 0.3 is 0 Å². The van der Waals surface area contributed by atoms with Crippen molar-refractivity contribution in [2.45, 2.75) is 39.7 Å². The average molecular weight is 292 g/mol. The maximum Gasteiger partial charge on any atom is 0.0593 e. The van der Waals surface area contributed by atoms with Crippen molar-refractivity contribution in [2.24, 2.45) is 0 Å². The van der Waals surface area contributed by atoms with E-state index >= 15 is 0 Å². The molecule has 0 heterocycles. The van der Waals surface area contributed by atoms with Crippen LogP contribution in [0, 0.1) is 6.92 Å². The van der Waals surface area contributed by atoms with E-state index in [4.69, 9.17) is 4.74 Å². The van der Waals surface area contributed by atoms with Gasteiger partial charge in [0.05, 0.1) is 6.61 Å². The summed E-state index contributed by atoms with van der Waals surface area (Å²) in [5.41, 5.74) is 2.72. The van der Waals surface area contributed by atoms with Gasteiger partial charge in [0.1, 0.15) is 0 Å². The molecule has 0 aliphatic carbocycles. The van der Waals surface area contributed by atoms with E-state index in [1.807, 2.05) is 6.92 Å². The summed E-state index contributed by atoms with van der Waals surface area (Å²) in [6.45, 7) is 11.2. The van der Waals surface area contributed by atoms with Gasteiger partial charge < -0.3 is 15.0 Å². The zero-order valence-electron chi connectivity index (χ0n) is 14.2. The van der Waals surface area contributed by atoms with Crippen LogP contribution >= 0.6 is 0 Å². The minimum Gasteiger partial charge on any atom is -0.380 e. The van der Waals surface area contributed by atoms with Crippen LogP contribution in [0.25, 0.3) is 0 Å². The lowest BCUT2D eigenvalue weighted by atomic mass is 10.0. The highest BCUT2D eigenvalue weighted by atomic mass is 16.5. The summed E-state index contributed by atoms with van der Waals surface area (Å²) in [6, 6.07) is 9.36. The first kappa shape index (κ1) is 18.1. The lowest BCUT2D eigenvalue weighted by molar-refractivity contribution is 0.121. The number of hydrogen-bond donors (Lipinski definition) is 1. The largest absolute Gasteiger partial charge is 0.380 e. The van der Waals surface area contributed by atoms with Crippen LogP contribution in [0.15, 0.2) is 24.3 Å². The lowest BCUT2D eigenvalue weighted by Gasteiger charge is -2.23. The molecule has 1 atom stereocenters. The van der Waals surface area contributed by atoms with Crippen molar-refractivity contribution in [3.63, 3.8) is 0 Å². The highest BCUT2D eigenvalue weighted by molar-refractivity contribution is 5.24. The minimum atomic E-state index is 0.445. The Morgan fingerprint density at radius 1 is 1.14 bits per heavy atom. The molecule has 0 saturated carbocycles. The van der Waals surface area contributed by atoms with Crippen molar-refractivity contribution in [1.29, 1.82) is 0 Å². The van der Waals surface area contributed by atoms with Crippen molar-refractivity contribution in [2.75, 3.05) is 39.9 Å². The molecule has 0 saturated heterocycles. The molecule has 0 aliphatic heterocycles. The van der Waals surface area contributed by atoms with Gasteiger partial charge in [-0.1, -0.05) is 36.8 Å². The molecule has 0 spiro atoms. The van der Waals surface area contributed by atoms with E-state index in [1.165, 1.54) is 17.5 Å². The summed E-state index contributed by atoms with van der Waals surface area (Å²) in [4.78, 5) is 2.35. The van der Waals surface area contributed by atoms with Crippen molar-refractivity contribution in [1.82, 2.24) is 10.2 Å². The fraction of sp³-hybridized carbons (Fsp3) is 0.667. The summed E-state index contributed by atoms with van der Waals surface area (Å²) >= 11 is 0. The van der Waals surface area contributed by atoms with E-state index in [0.717, 1.165) is 39.3 Å². The molecule has 1 N–H and O–H groups in total. The lowest BCUT2D eigenvalue weighted by Crippen LogP contribution is -2.29. The fourth-order valence-corrected chi connectivity index (χ4v) is 2.33. The van der Waals surface area contributed by atoms with Crippen molar-refractivity contribution >= 4 is 0 Å². The van der Waals surface area contributed by atoms with Crippen LogP contribution in [0.2, 0.25) is 0 Å². The molecule has 21 heavy (non-hydrogen) atoms. The number of aryl methyl sites for hydroxylation is 1. The Morgan fingerprint density at radius 2 is 1.86 bits per heavy atom. The third-order valence-corrected chi connectivity index (χ3v) is 3.74. The topological polar surface area (TPSA) is 24.5 Å². The van der Waals surface area contributed by atoms with E-state index in [1.54, 1.807) is 0 Å². The van der Waals surface area contributed by atoms with Crippen LogP contribution in [-0.4, -0.2) is 44.8 Å². The molecule has 1 rings (SSSR count). The van der Waals surface area contributed by atoms with Crippen molar-refractivity contribution in [3.05, 3.63) is 35.4 Å². The highest BCUT2D eigenvalue weighted by Crippen LogP contribution is 2.18. The molecule has 0 aromatic heterocycles. The molecule has 0 aliphatic rings. The van der Waals surface area contributed by atoms with Gasteiger partial charge in [-0.3, -0.25) is 0 Å². The second kappa shape index (κ2) is 10.8. The van der Waals surface area contributed by atoms with Crippen LogP contribution in [0.5, 0.6) is 0 Å². The molecule has 0 radical (unpaired) electrons. The third-order valence-electron chi connectivity index (χ3n) is 3.74. The number of ether oxygens (including phenoxy) is 1. The minimum absolute atomic E-state index is 0.445. The van der Waals surface area contributed by atoms with Gasteiger partial charge in [-0.2, -0.15) is 0 Å². The smallest absolute Gasteiger partial charge is 0.0593 e. The van der Waals surface area contributed by atoms with Gasteiger partial charge in [0.2, 0.25) is 0 Å². The fourth-order valence-electron chi connectivity index (χ4n) is 2.33. The monoisotopic (exact) mass is 292 g/mol. The number of rotatable bonds is 11. The Labute approximate surface area is 130 Å². The van der Waals surface area contributed by atoms with Gasteiger partial charge in [-0.25, -0.2) is 0 Å². The molecule has 0 fully saturated rings. The van der Waals surface area contributed by atoms with Crippen molar-refractivity contribution in [3.8, 4) is 0 Å². The van der Waals surface area contributed by atoms with Crippen LogP contribution in [-0.2, 0) is 4.74 Å². The van der Waals surface area contributed by atoms with Gasteiger partial charge in [-0.05, 0) is 52.4 Å². The maximum absolute atomic E-state index is 5.42. The molecular weight excluding hydrogens is 260 g/mol. The van der Waals surface area contributed by atoms with E-state index in [9.17, 15) is 0 Å². The zero-order chi connectivity index (χ0) is 15.5. The predicted molar refractivity (Wildman–Crippen MR) is 90.8 cm³/mol. The second-order valence-corrected chi connectivity index (χ2v) is 5.71. The number of nitrogens with zero attached hydrogens (tertiary/aromatic N) is 1. The SMILES string of the molecule is CCCNC(CCN(C)CCOCC)c1ccc(C)cc1. The van der Waals surface area contributed by atoms with Crippen molar-refractivity contribution < 1.29 is 4.74 Å². The molecule has 3 heteroatoms. The number of nitrogens with one attached hydrogen (secondary N) is 1. The van der Waals surface area contributed by atoms with Gasteiger partial charge in [0.15, 0.2) is 0 Å². The first-order valence-corrected chi connectivity index (χ1v) is 8.23. The van der Waals surface area contributed by atoms with E-state index < -0.39 is 0 Å². The summed E-state index contributed by atoms with van der Waals surface area (Å²) in [5, 5.41) is 3.67. The Kier molecular flexibility index (Phi) is 9.31. The highest BCUT2D eigenvalue weighted by Gasteiger charge is 2.11. The molecular formula is C18H32N2O. The normalized spacial score (nSPS) is 12.8. The van der Waals surface area contributed by atoms with Crippen LogP contribution in [0.1, 0.15) is 43.9 Å². The summed E-state index contributed by atoms with van der Waals surface area (Å²) in [5.74, 6) is 0. The van der Waals surface area contributed by atoms with Crippen LogP contribution in [0.3, 0.4) is 0 Å². The Balaban J connectivity index is 2.47. The molecule has 120 valence electrons. The quantitative estimate of drug-likeness (QED) is 0.633. The average Bonchev–Trinajstić information content (AvgIpc) is 2.49. The number of hydrogen-bond acceptors (Lipinski definition) is 3. The summed E-state index contributed by atoms with van der Waals surface area (Å²) in [6.07, 6.45) is 2.30. The third kappa shape index (κ3) is 7.60. The second-order valence-electron chi connectivity index (χ2n) is 5.71. The summed E-state index contributed by atoms with van der Waals surface area (Å²) in [7, 11) is 2.17. The Bertz CT molecular complexity index is 364. The molecule has 1 unspecified atom stereocenters. The maximum atomic E-state index is 5.42. The molecule has 0 bridgehead atoms. The van der Waals surface area contributed by atoms with Gasteiger partial charge in [0.25, 0.3) is 0 Å². The van der Waals surface area contributed by atoms with Gasteiger partial charge in [-0.15, -0.1) is 0 Å². The summed E-state index contributed by atoms with van der Waals surface area (Å²) < 4.78 is 5.42. The zero-order valence-corrected chi connectivity index (χ0v) is 14.2. The van der Waals surface area contributed by atoms with E-state index in [2.05, 4.69) is 55.4 Å². The van der Waals surface area contributed by atoms with Crippen LogP contribution in [0.4, 0.5) is 0 Å². The Morgan fingerprint density at radius 3 is 2.48 bits per heavy atom. The first-order valence-electron chi connectivity index (χ1n) is 8.23. The Hall–Kier alpha value is -0.900. The molecule has 1 aromatic carbocycles. The van der Waals surface area contributed by atoms with E-state index in [-0.39, 0.29) is 0 Å².